The number of carboxylic acid groups (broad SMARTS) is 1. The molecule has 7 heteroatoms. The van der Waals surface area contributed by atoms with Gasteiger partial charge in [-0.25, -0.2) is 22.2 Å². The number of aromatic carboxylic acids is 1. The number of aryl methyl sites for hydroxylation is 1. The van der Waals surface area contributed by atoms with Gasteiger partial charge in [-0.3, -0.25) is 0 Å². The number of hydrogen-bond acceptors (Lipinski definition) is 4. The molecule has 0 aliphatic heterocycles. The summed E-state index contributed by atoms with van der Waals surface area (Å²) in [6.07, 6.45) is 2.60. The van der Waals surface area contributed by atoms with Crippen LogP contribution in [0.25, 0.3) is 11.0 Å². The summed E-state index contributed by atoms with van der Waals surface area (Å²) >= 11 is 0. The smallest absolute Gasteiger partial charge is 0.336 e. The van der Waals surface area contributed by atoms with E-state index in [9.17, 15) is 13.2 Å². The van der Waals surface area contributed by atoms with E-state index in [2.05, 4.69) is 4.98 Å². The van der Waals surface area contributed by atoms with E-state index < -0.39 is 16.0 Å². The molecule has 3 aromatic rings. The van der Waals surface area contributed by atoms with Gasteiger partial charge in [-0.1, -0.05) is 17.7 Å². The van der Waals surface area contributed by atoms with Crippen LogP contribution in [-0.2, 0) is 10.0 Å². The van der Waals surface area contributed by atoms with Gasteiger partial charge in [0, 0.05) is 17.8 Å². The van der Waals surface area contributed by atoms with Gasteiger partial charge < -0.3 is 5.11 Å². The SMILES string of the molecule is Cc1ccc(S(=O)(=O)n2ccc3c(C(=O)O)ccnc32)cc1. The van der Waals surface area contributed by atoms with Crippen molar-refractivity contribution in [2.75, 3.05) is 0 Å². The molecule has 0 radical (unpaired) electrons. The maximum atomic E-state index is 12.7. The van der Waals surface area contributed by atoms with Crippen molar-refractivity contribution in [3.05, 3.63) is 59.9 Å². The molecule has 0 aliphatic rings. The Balaban J connectivity index is 2.24. The number of benzene rings is 1. The Bertz CT molecular complexity index is 972. The lowest BCUT2D eigenvalue weighted by Gasteiger charge is -2.07. The molecule has 6 nitrogen and oxygen atoms in total. The molecule has 0 amide bonds. The van der Waals surface area contributed by atoms with E-state index in [0.29, 0.717) is 0 Å². The van der Waals surface area contributed by atoms with E-state index in [4.69, 9.17) is 5.11 Å². The Morgan fingerprint density at radius 1 is 1.14 bits per heavy atom. The van der Waals surface area contributed by atoms with E-state index in [0.717, 1.165) is 9.54 Å². The van der Waals surface area contributed by atoms with Crippen molar-refractivity contribution >= 4 is 27.0 Å². The highest BCUT2D eigenvalue weighted by Crippen LogP contribution is 2.23. The zero-order valence-electron chi connectivity index (χ0n) is 11.6. The quantitative estimate of drug-likeness (QED) is 0.800. The van der Waals surface area contributed by atoms with Crippen LogP contribution in [0.3, 0.4) is 0 Å². The number of aromatic nitrogens is 2. The molecule has 0 saturated carbocycles. The first-order chi connectivity index (χ1) is 10.4. The number of carbonyl (C=O) groups is 1. The van der Waals surface area contributed by atoms with Gasteiger partial charge in [0.15, 0.2) is 5.65 Å². The van der Waals surface area contributed by atoms with E-state index in [1.807, 2.05) is 6.92 Å². The fourth-order valence-electron chi connectivity index (χ4n) is 2.22. The maximum absolute atomic E-state index is 12.7. The van der Waals surface area contributed by atoms with Gasteiger partial charge in [0.2, 0.25) is 0 Å². The zero-order valence-corrected chi connectivity index (χ0v) is 12.4. The highest BCUT2D eigenvalue weighted by molar-refractivity contribution is 7.90. The highest BCUT2D eigenvalue weighted by Gasteiger charge is 2.21. The number of carboxylic acids is 1. The first kappa shape index (κ1) is 14.3. The molecule has 1 N–H and O–H groups in total. The molecule has 2 aromatic heterocycles. The molecule has 0 atom stereocenters. The largest absolute Gasteiger partial charge is 0.478 e. The number of rotatable bonds is 3. The van der Waals surface area contributed by atoms with Gasteiger partial charge in [0.05, 0.1) is 10.5 Å². The summed E-state index contributed by atoms with van der Waals surface area (Å²) in [5.41, 5.74) is 1.06. The second kappa shape index (κ2) is 4.96. The molecule has 0 unspecified atom stereocenters. The molecular formula is C15H12N2O4S. The monoisotopic (exact) mass is 316 g/mol. The summed E-state index contributed by atoms with van der Waals surface area (Å²) in [6, 6.07) is 9.21. The lowest BCUT2D eigenvalue weighted by Crippen LogP contribution is -2.12. The second-order valence-electron chi connectivity index (χ2n) is 4.83. The van der Waals surface area contributed by atoms with E-state index >= 15 is 0 Å². The number of nitrogens with zero attached hydrogens (tertiary/aromatic N) is 2. The zero-order chi connectivity index (χ0) is 15.9. The van der Waals surface area contributed by atoms with Crippen molar-refractivity contribution in [2.45, 2.75) is 11.8 Å². The summed E-state index contributed by atoms with van der Waals surface area (Å²) in [5.74, 6) is -1.13. The van der Waals surface area contributed by atoms with Crippen molar-refractivity contribution in [3.63, 3.8) is 0 Å². The minimum absolute atomic E-state index is 0.0165. The molecular weight excluding hydrogens is 304 g/mol. The van der Waals surface area contributed by atoms with Crippen molar-refractivity contribution < 1.29 is 18.3 Å². The van der Waals surface area contributed by atoms with E-state index in [1.54, 1.807) is 12.1 Å². The fourth-order valence-corrected chi connectivity index (χ4v) is 3.52. The minimum atomic E-state index is -3.82. The minimum Gasteiger partial charge on any atom is -0.478 e. The Morgan fingerprint density at radius 3 is 2.45 bits per heavy atom. The van der Waals surface area contributed by atoms with Gasteiger partial charge in [-0.15, -0.1) is 0 Å². The van der Waals surface area contributed by atoms with Crippen LogP contribution in [0.2, 0.25) is 0 Å². The normalized spacial score (nSPS) is 11.7. The van der Waals surface area contributed by atoms with E-state index in [-0.39, 0.29) is 21.5 Å². The van der Waals surface area contributed by atoms with Crippen molar-refractivity contribution in [3.8, 4) is 0 Å². The highest BCUT2D eigenvalue weighted by atomic mass is 32.2. The van der Waals surface area contributed by atoms with Crippen LogP contribution in [0.4, 0.5) is 0 Å². The standard InChI is InChI=1S/C15H12N2O4S/c1-10-2-4-11(5-3-10)22(20,21)17-9-7-12-13(15(18)19)6-8-16-14(12)17/h2-9H,1H3,(H,18,19). The first-order valence-corrected chi connectivity index (χ1v) is 7.87. The molecule has 2 heterocycles. The van der Waals surface area contributed by atoms with Gasteiger partial charge in [-0.2, -0.15) is 0 Å². The molecule has 0 saturated heterocycles. The van der Waals surface area contributed by atoms with Crippen LogP contribution in [0.15, 0.2) is 53.7 Å². The Labute approximate surface area is 126 Å². The summed E-state index contributed by atoms with van der Waals surface area (Å²) in [6.45, 7) is 1.86. The summed E-state index contributed by atoms with van der Waals surface area (Å²) in [4.78, 5) is 15.3. The number of hydrogen-bond donors (Lipinski definition) is 1. The predicted molar refractivity (Wildman–Crippen MR) is 80.5 cm³/mol. The van der Waals surface area contributed by atoms with Crippen molar-refractivity contribution in [1.29, 1.82) is 0 Å². The third-order valence-electron chi connectivity index (χ3n) is 3.36. The molecule has 0 bridgehead atoms. The van der Waals surface area contributed by atoms with E-state index in [1.165, 1.54) is 36.7 Å². The van der Waals surface area contributed by atoms with Gasteiger partial charge in [0.25, 0.3) is 10.0 Å². The second-order valence-corrected chi connectivity index (χ2v) is 6.65. The molecule has 1 aromatic carbocycles. The summed E-state index contributed by atoms with van der Waals surface area (Å²) in [5, 5.41) is 9.44. The molecule has 3 rings (SSSR count). The molecule has 22 heavy (non-hydrogen) atoms. The van der Waals surface area contributed by atoms with Crippen LogP contribution in [-0.4, -0.2) is 28.5 Å². The summed E-state index contributed by atoms with van der Waals surface area (Å²) in [7, 11) is -3.82. The van der Waals surface area contributed by atoms with Gasteiger partial charge in [-0.05, 0) is 31.2 Å². The fraction of sp³-hybridized carbons (Fsp3) is 0.0667. The number of fused-ring (bicyclic) bond motifs is 1. The van der Waals surface area contributed by atoms with Crippen LogP contribution in [0.1, 0.15) is 15.9 Å². The molecule has 0 spiro atoms. The Kier molecular flexibility index (Phi) is 3.22. The Hall–Kier alpha value is -2.67. The lowest BCUT2D eigenvalue weighted by atomic mass is 10.2. The molecule has 112 valence electrons. The average molecular weight is 316 g/mol. The van der Waals surface area contributed by atoms with Crippen LogP contribution >= 0.6 is 0 Å². The average Bonchev–Trinajstić information content (AvgIpc) is 2.92. The third kappa shape index (κ3) is 2.15. The first-order valence-electron chi connectivity index (χ1n) is 6.43. The molecule has 0 fully saturated rings. The Morgan fingerprint density at radius 2 is 1.82 bits per heavy atom. The van der Waals surface area contributed by atoms with Crippen LogP contribution in [0.5, 0.6) is 0 Å². The third-order valence-corrected chi connectivity index (χ3v) is 5.04. The maximum Gasteiger partial charge on any atom is 0.336 e. The van der Waals surface area contributed by atoms with Gasteiger partial charge in [0.1, 0.15) is 0 Å². The van der Waals surface area contributed by atoms with Crippen LogP contribution in [0, 0.1) is 6.92 Å². The topological polar surface area (TPSA) is 89.3 Å². The summed E-state index contributed by atoms with van der Waals surface area (Å²) < 4.78 is 26.4. The number of pyridine rings is 1. The predicted octanol–water partition coefficient (Wildman–Crippen LogP) is 2.28. The van der Waals surface area contributed by atoms with Crippen molar-refractivity contribution in [2.24, 2.45) is 0 Å². The lowest BCUT2D eigenvalue weighted by molar-refractivity contribution is 0.0699. The molecule has 0 aliphatic carbocycles. The van der Waals surface area contributed by atoms with Crippen molar-refractivity contribution in [1.82, 2.24) is 8.96 Å². The van der Waals surface area contributed by atoms with Gasteiger partial charge >= 0.3 is 5.97 Å². The van der Waals surface area contributed by atoms with Crippen LogP contribution < -0.4 is 0 Å².